The van der Waals surface area contributed by atoms with Gasteiger partial charge in [0.25, 0.3) is 0 Å². The smallest absolute Gasteiger partial charge is 0.213 e. The summed E-state index contributed by atoms with van der Waals surface area (Å²) in [5, 5.41) is 14.2. The van der Waals surface area contributed by atoms with Crippen molar-refractivity contribution < 1.29 is 0 Å². The van der Waals surface area contributed by atoms with Crippen molar-refractivity contribution in [3.05, 3.63) is 53.1 Å². The number of nitrogens with zero attached hydrogens (tertiary/aromatic N) is 5. The molecule has 0 unspecified atom stereocenters. The predicted molar refractivity (Wildman–Crippen MR) is 103 cm³/mol. The maximum absolute atomic E-state index is 8.49. The molecule has 4 heterocycles. The van der Waals surface area contributed by atoms with Gasteiger partial charge in [0.05, 0.1) is 10.2 Å². The molecule has 0 radical (unpaired) electrons. The second kappa shape index (κ2) is 5.12. The molecule has 0 aliphatic heterocycles. The van der Waals surface area contributed by atoms with Gasteiger partial charge in [-0.25, -0.2) is 9.97 Å². The molecule has 0 atom stereocenters. The number of rotatable bonds is 1. The number of nitrogen functional groups attached to an aromatic ring is 1. The summed E-state index contributed by atoms with van der Waals surface area (Å²) in [5.74, 6) is 0.379. The van der Waals surface area contributed by atoms with Gasteiger partial charge in [0.15, 0.2) is 5.65 Å². The van der Waals surface area contributed by atoms with E-state index in [-0.39, 0.29) is 5.49 Å². The lowest BCUT2D eigenvalue weighted by atomic mass is 10.1. The van der Waals surface area contributed by atoms with E-state index in [1.165, 1.54) is 16.9 Å². The van der Waals surface area contributed by atoms with Crippen molar-refractivity contribution >= 4 is 44.1 Å². The van der Waals surface area contributed by atoms with Crippen molar-refractivity contribution in [2.45, 2.75) is 13.8 Å². The van der Waals surface area contributed by atoms with Crippen molar-refractivity contribution in [1.82, 2.24) is 24.1 Å². The van der Waals surface area contributed by atoms with Gasteiger partial charge in [-0.3, -0.25) is 9.81 Å². The fraction of sp³-hybridized carbons (Fsp3) is 0.111. The quantitative estimate of drug-likeness (QED) is 0.479. The Labute approximate surface area is 151 Å². The van der Waals surface area contributed by atoms with E-state index in [4.69, 9.17) is 16.1 Å². The van der Waals surface area contributed by atoms with E-state index in [0.29, 0.717) is 27.6 Å². The molecule has 0 fully saturated rings. The Morgan fingerprint density at radius 1 is 1.15 bits per heavy atom. The summed E-state index contributed by atoms with van der Waals surface area (Å²) in [6.45, 7) is 4.12. The summed E-state index contributed by atoms with van der Waals surface area (Å²) in [7, 11) is 0. The van der Waals surface area contributed by atoms with Gasteiger partial charge >= 0.3 is 0 Å². The van der Waals surface area contributed by atoms with Crippen LogP contribution in [0, 0.1) is 19.3 Å². The number of nitrogens with one attached hydrogen (secondary N) is 1. The summed E-state index contributed by atoms with van der Waals surface area (Å²) in [6, 6.07) is 9.81. The maximum atomic E-state index is 8.49. The fourth-order valence-corrected chi connectivity index (χ4v) is 4.37. The van der Waals surface area contributed by atoms with Gasteiger partial charge in [0.1, 0.15) is 22.3 Å². The van der Waals surface area contributed by atoms with Crippen LogP contribution < -0.4 is 11.2 Å². The highest BCUT2D eigenvalue weighted by Gasteiger charge is 2.18. The van der Waals surface area contributed by atoms with Gasteiger partial charge in [-0.15, -0.1) is 5.10 Å². The van der Waals surface area contributed by atoms with Crippen molar-refractivity contribution in [2.24, 2.45) is 0 Å². The van der Waals surface area contributed by atoms with Crippen LogP contribution in [-0.2, 0) is 0 Å². The van der Waals surface area contributed by atoms with Crippen LogP contribution in [-0.4, -0.2) is 24.1 Å². The minimum atomic E-state index is 0.266. The van der Waals surface area contributed by atoms with Crippen LogP contribution in [0.25, 0.3) is 32.0 Å². The molecule has 0 spiro atoms. The van der Waals surface area contributed by atoms with Crippen molar-refractivity contribution in [2.75, 3.05) is 5.73 Å². The number of hydrogen-bond donors (Lipinski definition) is 2. The first-order valence-corrected chi connectivity index (χ1v) is 8.93. The molecule has 0 saturated carbocycles. The standard InChI is InChI=1S/C18H15N7S/c1-9-7-10(2)14-11(8-9)26-18(22-14)25-16(20)13-15(19)24-6-4-3-5-12(24)21-17(13)23-25/h3-8,19H,20H2,1-2H3. The van der Waals surface area contributed by atoms with Crippen LogP contribution in [0.15, 0.2) is 36.5 Å². The first-order chi connectivity index (χ1) is 12.5. The molecule has 0 saturated heterocycles. The van der Waals surface area contributed by atoms with Crippen LogP contribution in [0.2, 0.25) is 0 Å². The lowest BCUT2D eigenvalue weighted by Gasteiger charge is -2.00. The zero-order valence-electron chi connectivity index (χ0n) is 14.2. The first kappa shape index (κ1) is 15.0. The lowest BCUT2D eigenvalue weighted by Crippen LogP contribution is -2.15. The molecule has 26 heavy (non-hydrogen) atoms. The van der Waals surface area contributed by atoms with Crippen LogP contribution in [0.4, 0.5) is 5.82 Å². The largest absolute Gasteiger partial charge is 0.383 e. The number of aromatic nitrogens is 5. The monoisotopic (exact) mass is 361 g/mol. The Kier molecular flexibility index (Phi) is 2.96. The molecular weight excluding hydrogens is 346 g/mol. The van der Waals surface area contributed by atoms with Gasteiger partial charge in [0, 0.05) is 6.20 Å². The van der Waals surface area contributed by atoms with Crippen molar-refractivity contribution in [3.63, 3.8) is 0 Å². The first-order valence-electron chi connectivity index (χ1n) is 8.11. The summed E-state index contributed by atoms with van der Waals surface area (Å²) < 4.78 is 4.38. The lowest BCUT2D eigenvalue weighted by molar-refractivity contribution is 0.892. The van der Waals surface area contributed by atoms with E-state index in [2.05, 4.69) is 36.1 Å². The molecule has 7 nitrogen and oxygen atoms in total. The average molecular weight is 361 g/mol. The highest BCUT2D eigenvalue weighted by atomic mass is 32.1. The normalized spacial score (nSPS) is 11.8. The van der Waals surface area contributed by atoms with E-state index in [9.17, 15) is 0 Å². The molecule has 0 aliphatic rings. The van der Waals surface area contributed by atoms with Gasteiger partial charge < -0.3 is 5.73 Å². The number of aryl methyl sites for hydroxylation is 2. The number of thiazole rings is 1. The Bertz CT molecular complexity index is 1390. The maximum Gasteiger partial charge on any atom is 0.213 e. The van der Waals surface area contributed by atoms with Gasteiger partial charge in [0.2, 0.25) is 5.13 Å². The second-order valence-corrected chi connectivity index (χ2v) is 7.32. The molecular formula is C18H15N7S. The Morgan fingerprint density at radius 3 is 2.85 bits per heavy atom. The van der Waals surface area contributed by atoms with Crippen molar-refractivity contribution in [3.8, 4) is 5.13 Å². The van der Waals surface area contributed by atoms with Crippen LogP contribution in [0.1, 0.15) is 11.1 Å². The Balaban J connectivity index is 1.84. The topological polar surface area (TPSA) is 97.9 Å². The highest BCUT2D eigenvalue weighted by molar-refractivity contribution is 7.20. The molecule has 3 N–H and O–H groups in total. The van der Waals surface area contributed by atoms with E-state index in [1.54, 1.807) is 15.3 Å². The van der Waals surface area contributed by atoms with E-state index in [0.717, 1.165) is 15.8 Å². The molecule has 0 bridgehead atoms. The number of pyridine rings is 1. The molecule has 8 heteroatoms. The Morgan fingerprint density at radius 2 is 2.00 bits per heavy atom. The molecule has 0 aliphatic carbocycles. The van der Waals surface area contributed by atoms with Gasteiger partial charge in [-0.2, -0.15) is 4.68 Å². The summed E-state index contributed by atoms with van der Waals surface area (Å²) >= 11 is 1.53. The second-order valence-electron chi connectivity index (χ2n) is 6.31. The minimum Gasteiger partial charge on any atom is -0.383 e. The van der Waals surface area contributed by atoms with Crippen LogP contribution >= 0.6 is 11.3 Å². The van der Waals surface area contributed by atoms with Crippen LogP contribution in [0.3, 0.4) is 0 Å². The number of fused-ring (bicyclic) bond motifs is 3. The third kappa shape index (κ3) is 1.99. The molecule has 5 aromatic rings. The Hall–Kier alpha value is -3.26. The highest BCUT2D eigenvalue weighted by Crippen LogP contribution is 2.30. The fourth-order valence-electron chi connectivity index (χ4n) is 3.26. The summed E-state index contributed by atoms with van der Waals surface area (Å²) in [4.78, 5) is 9.26. The van der Waals surface area contributed by atoms with Gasteiger partial charge in [-0.1, -0.05) is 23.5 Å². The van der Waals surface area contributed by atoms with E-state index >= 15 is 0 Å². The average Bonchev–Trinajstić information content (AvgIpc) is 3.16. The zero-order chi connectivity index (χ0) is 18.0. The van der Waals surface area contributed by atoms with Crippen LogP contribution in [0.5, 0.6) is 0 Å². The van der Waals surface area contributed by atoms with E-state index < -0.39 is 0 Å². The van der Waals surface area contributed by atoms with Crippen molar-refractivity contribution in [1.29, 1.82) is 5.41 Å². The summed E-state index contributed by atoms with van der Waals surface area (Å²) in [6.07, 6.45) is 1.80. The van der Waals surface area contributed by atoms with Gasteiger partial charge in [-0.05, 0) is 43.2 Å². The number of nitrogens with two attached hydrogens (primary N) is 1. The summed E-state index contributed by atoms with van der Waals surface area (Å²) in [5.41, 5.74) is 11.0. The third-order valence-corrected chi connectivity index (χ3v) is 5.42. The SMILES string of the molecule is Cc1cc(C)c2nc(-n3nc4nc5ccccn5c(=N)c4c3N)sc2c1. The minimum absolute atomic E-state index is 0.266. The van der Waals surface area contributed by atoms with E-state index in [1.807, 2.05) is 18.2 Å². The number of benzene rings is 1. The molecule has 0 amide bonds. The predicted octanol–water partition coefficient (Wildman–Crippen LogP) is 2.96. The molecule has 5 rings (SSSR count). The molecule has 4 aromatic heterocycles. The third-order valence-electron chi connectivity index (χ3n) is 4.44. The number of hydrogen-bond acceptors (Lipinski definition) is 6. The molecule has 128 valence electrons. The zero-order valence-corrected chi connectivity index (χ0v) is 15.0. The number of anilines is 1. The molecule has 1 aromatic carbocycles.